The average molecular weight is 409 g/mol. The van der Waals surface area contributed by atoms with Gasteiger partial charge in [0.05, 0.1) is 5.92 Å². The first-order chi connectivity index (χ1) is 13.2. The third-order valence-corrected chi connectivity index (χ3v) is 4.55. The third-order valence-electron chi connectivity index (χ3n) is 4.55. The summed E-state index contributed by atoms with van der Waals surface area (Å²) in [4.78, 5) is 26.9. The predicted octanol–water partition coefficient (Wildman–Crippen LogP) is 4.29. The highest BCUT2D eigenvalue weighted by molar-refractivity contribution is 5.74. The number of carbonyl (C=O) groups is 2. The van der Waals surface area contributed by atoms with E-state index in [4.69, 9.17) is 9.47 Å². The van der Waals surface area contributed by atoms with Gasteiger partial charge in [-0.05, 0) is 78.0 Å². The molecule has 0 spiro atoms. The summed E-state index contributed by atoms with van der Waals surface area (Å²) in [5.41, 5.74) is -0.754. The SMILES string of the molecule is CC(C)(C)OC(=O)[C@@H](Cc1cc(O)cc(F)c1)[C@H]1CCN(C(=O)OC(C)(C)C)C1. The highest BCUT2D eigenvalue weighted by Gasteiger charge is 2.39. The second-order valence-corrected chi connectivity index (χ2v) is 9.64. The van der Waals surface area contributed by atoms with E-state index in [1.165, 1.54) is 12.1 Å². The van der Waals surface area contributed by atoms with Crippen LogP contribution in [0.2, 0.25) is 0 Å². The summed E-state index contributed by atoms with van der Waals surface area (Å²) in [7, 11) is 0. The van der Waals surface area contributed by atoms with Gasteiger partial charge in [0, 0.05) is 19.2 Å². The van der Waals surface area contributed by atoms with Crippen LogP contribution in [0.1, 0.15) is 53.5 Å². The van der Waals surface area contributed by atoms with Crippen molar-refractivity contribution in [3.05, 3.63) is 29.6 Å². The number of amides is 1. The molecule has 162 valence electrons. The van der Waals surface area contributed by atoms with Crippen LogP contribution in [0.15, 0.2) is 18.2 Å². The molecule has 7 heteroatoms. The van der Waals surface area contributed by atoms with Crippen LogP contribution in [0.5, 0.6) is 5.75 Å². The molecule has 0 aromatic heterocycles. The highest BCUT2D eigenvalue weighted by atomic mass is 19.1. The fourth-order valence-electron chi connectivity index (χ4n) is 3.43. The fourth-order valence-corrected chi connectivity index (χ4v) is 3.43. The van der Waals surface area contributed by atoms with E-state index in [-0.39, 0.29) is 18.1 Å². The topological polar surface area (TPSA) is 76.1 Å². The van der Waals surface area contributed by atoms with Gasteiger partial charge in [-0.1, -0.05) is 0 Å². The number of halogens is 1. The van der Waals surface area contributed by atoms with Crippen LogP contribution < -0.4 is 0 Å². The smallest absolute Gasteiger partial charge is 0.410 e. The number of hydrogen-bond donors (Lipinski definition) is 1. The fraction of sp³-hybridized carbons (Fsp3) is 0.636. The number of aromatic hydroxyl groups is 1. The van der Waals surface area contributed by atoms with Crippen molar-refractivity contribution in [3.63, 3.8) is 0 Å². The first-order valence-corrected chi connectivity index (χ1v) is 9.93. The summed E-state index contributed by atoms with van der Waals surface area (Å²) in [6.07, 6.45) is 0.420. The Morgan fingerprint density at radius 3 is 2.31 bits per heavy atom. The molecule has 0 bridgehead atoms. The number of hydrogen-bond acceptors (Lipinski definition) is 5. The van der Waals surface area contributed by atoms with Crippen molar-refractivity contribution in [2.24, 2.45) is 11.8 Å². The van der Waals surface area contributed by atoms with Crippen LogP contribution in [-0.2, 0) is 20.7 Å². The van der Waals surface area contributed by atoms with E-state index in [2.05, 4.69) is 0 Å². The van der Waals surface area contributed by atoms with Crippen LogP contribution in [0.25, 0.3) is 0 Å². The lowest BCUT2D eigenvalue weighted by Gasteiger charge is -2.28. The molecule has 29 heavy (non-hydrogen) atoms. The summed E-state index contributed by atoms with van der Waals surface area (Å²) in [6, 6.07) is 3.77. The summed E-state index contributed by atoms with van der Waals surface area (Å²) < 4.78 is 24.7. The summed E-state index contributed by atoms with van der Waals surface area (Å²) in [5, 5.41) is 9.69. The molecule has 6 nitrogen and oxygen atoms in total. The van der Waals surface area contributed by atoms with Gasteiger partial charge in [-0.2, -0.15) is 0 Å². The van der Waals surface area contributed by atoms with Gasteiger partial charge in [-0.3, -0.25) is 4.79 Å². The molecule has 0 saturated carbocycles. The third kappa shape index (κ3) is 7.22. The van der Waals surface area contributed by atoms with Gasteiger partial charge >= 0.3 is 12.1 Å². The quantitative estimate of drug-likeness (QED) is 0.751. The van der Waals surface area contributed by atoms with Crippen LogP contribution in [0.3, 0.4) is 0 Å². The largest absolute Gasteiger partial charge is 0.508 e. The van der Waals surface area contributed by atoms with E-state index in [0.29, 0.717) is 25.1 Å². The Labute approximate surface area is 172 Å². The molecule has 1 aliphatic heterocycles. The molecule has 1 amide bonds. The monoisotopic (exact) mass is 409 g/mol. The lowest BCUT2D eigenvalue weighted by molar-refractivity contribution is -0.162. The molecule has 0 radical (unpaired) electrons. The normalized spacial score (nSPS) is 18.4. The maximum absolute atomic E-state index is 13.7. The minimum absolute atomic E-state index is 0.150. The lowest BCUT2D eigenvalue weighted by Crippen LogP contribution is -2.38. The Morgan fingerprint density at radius 2 is 1.76 bits per heavy atom. The Balaban J connectivity index is 2.19. The Morgan fingerprint density at radius 1 is 1.14 bits per heavy atom. The minimum atomic E-state index is -0.664. The number of esters is 1. The highest BCUT2D eigenvalue weighted by Crippen LogP contribution is 2.31. The summed E-state index contributed by atoms with van der Waals surface area (Å²) in [5.74, 6) is -1.86. The van der Waals surface area contributed by atoms with E-state index >= 15 is 0 Å². The first-order valence-electron chi connectivity index (χ1n) is 9.93. The van der Waals surface area contributed by atoms with Crippen molar-refractivity contribution in [1.82, 2.24) is 4.90 Å². The summed E-state index contributed by atoms with van der Waals surface area (Å²) >= 11 is 0. The van der Waals surface area contributed by atoms with Crippen molar-refractivity contribution in [3.8, 4) is 5.75 Å². The van der Waals surface area contributed by atoms with E-state index in [1.54, 1.807) is 46.4 Å². The van der Waals surface area contributed by atoms with Crippen molar-refractivity contribution in [2.75, 3.05) is 13.1 Å². The molecule has 1 fully saturated rings. The van der Waals surface area contributed by atoms with Gasteiger partial charge in [0.2, 0.25) is 0 Å². The molecule has 1 aliphatic rings. The van der Waals surface area contributed by atoms with Gasteiger partial charge in [-0.15, -0.1) is 0 Å². The van der Waals surface area contributed by atoms with Crippen molar-refractivity contribution >= 4 is 12.1 Å². The van der Waals surface area contributed by atoms with Crippen LogP contribution >= 0.6 is 0 Å². The number of phenols is 1. The number of ether oxygens (including phenoxy) is 2. The van der Waals surface area contributed by atoms with Crippen LogP contribution in [0, 0.1) is 17.7 Å². The first kappa shape index (κ1) is 23.0. The number of carbonyl (C=O) groups excluding carboxylic acids is 2. The van der Waals surface area contributed by atoms with Crippen LogP contribution in [0.4, 0.5) is 9.18 Å². The molecule has 2 rings (SSSR count). The summed E-state index contributed by atoms with van der Waals surface area (Å²) in [6.45, 7) is 11.6. The number of nitrogens with zero attached hydrogens (tertiary/aromatic N) is 1. The molecule has 0 aliphatic carbocycles. The number of likely N-dealkylation sites (tertiary alicyclic amines) is 1. The molecule has 1 saturated heterocycles. The predicted molar refractivity (Wildman–Crippen MR) is 107 cm³/mol. The number of benzene rings is 1. The zero-order chi connectivity index (χ0) is 22.0. The molecule has 0 unspecified atom stereocenters. The second kappa shape index (κ2) is 8.59. The molecule has 2 atom stereocenters. The molecular weight excluding hydrogens is 377 g/mol. The van der Waals surface area contributed by atoms with Gasteiger partial charge in [0.1, 0.15) is 22.8 Å². The maximum atomic E-state index is 13.7. The Bertz CT molecular complexity index is 730. The second-order valence-electron chi connectivity index (χ2n) is 9.64. The Hall–Kier alpha value is -2.31. The van der Waals surface area contributed by atoms with E-state index in [9.17, 15) is 19.1 Å². The van der Waals surface area contributed by atoms with E-state index in [1.807, 2.05) is 0 Å². The van der Waals surface area contributed by atoms with Gasteiger partial charge < -0.3 is 19.5 Å². The van der Waals surface area contributed by atoms with Gasteiger partial charge in [-0.25, -0.2) is 9.18 Å². The molecule has 1 aromatic rings. The molecule has 1 heterocycles. The van der Waals surface area contributed by atoms with Crippen molar-refractivity contribution in [1.29, 1.82) is 0 Å². The van der Waals surface area contributed by atoms with Gasteiger partial charge in [0.15, 0.2) is 0 Å². The zero-order valence-corrected chi connectivity index (χ0v) is 18.1. The van der Waals surface area contributed by atoms with Crippen molar-refractivity contribution in [2.45, 2.75) is 65.6 Å². The van der Waals surface area contributed by atoms with Crippen molar-refractivity contribution < 1.29 is 28.6 Å². The number of rotatable bonds is 4. The van der Waals surface area contributed by atoms with Crippen LogP contribution in [-0.4, -0.2) is 46.4 Å². The molecule has 1 aromatic carbocycles. The average Bonchev–Trinajstić information content (AvgIpc) is 2.98. The maximum Gasteiger partial charge on any atom is 0.410 e. The van der Waals surface area contributed by atoms with Gasteiger partial charge in [0.25, 0.3) is 0 Å². The standard InChI is InChI=1S/C22H32FNO5/c1-21(2,3)28-19(26)18(11-14-9-16(23)12-17(25)10-14)15-7-8-24(13-15)20(27)29-22(4,5)6/h9-10,12,15,18,25H,7-8,11,13H2,1-6H3/t15-,18-/m0/s1. The molecule has 1 N–H and O–H groups in total. The molecular formula is C22H32FNO5. The number of phenolic OH excluding ortho intramolecular Hbond substituents is 1. The minimum Gasteiger partial charge on any atom is -0.508 e. The van der Waals surface area contributed by atoms with E-state index in [0.717, 1.165) is 6.07 Å². The Kier molecular flexibility index (Phi) is 6.81. The van der Waals surface area contributed by atoms with E-state index < -0.39 is 35.0 Å². The lowest BCUT2D eigenvalue weighted by atomic mass is 9.86. The zero-order valence-electron chi connectivity index (χ0n) is 18.1.